The first kappa shape index (κ1) is 14.3. The van der Waals surface area contributed by atoms with Crippen molar-refractivity contribution in [1.29, 1.82) is 0 Å². The molecule has 0 aliphatic rings. The lowest BCUT2D eigenvalue weighted by molar-refractivity contribution is 0.694. The van der Waals surface area contributed by atoms with Crippen LogP contribution in [-0.2, 0) is 0 Å². The first-order valence-corrected chi connectivity index (χ1v) is 7.91. The Morgan fingerprint density at radius 1 is 0.810 bits per heavy atom. The highest BCUT2D eigenvalue weighted by Gasteiger charge is 2.17. The van der Waals surface area contributed by atoms with Gasteiger partial charge in [-0.15, -0.1) is 0 Å². The van der Waals surface area contributed by atoms with Gasteiger partial charge in [-0.05, 0) is 47.5 Å². The summed E-state index contributed by atoms with van der Waals surface area (Å²) in [6.45, 7) is 2.17. The summed E-state index contributed by atoms with van der Waals surface area (Å²) in [5.74, 6) is 0. The summed E-state index contributed by atoms with van der Waals surface area (Å²) < 4.78 is 1.13. The predicted molar refractivity (Wildman–Crippen MR) is 93.7 cm³/mol. The highest BCUT2D eigenvalue weighted by molar-refractivity contribution is 9.10. The summed E-state index contributed by atoms with van der Waals surface area (Å²) >= 11 is 3.67. The third kappa shape index (κ3) is 2.61. The molecule has 0 fully saturated rings. The second-order valence-electron chi connectivity index (χ2n) is 5.26. The number of hydrogen-bond acceptors (Lipinski definition) is 1. The van der Waals surface area contributed by atoms with Crippen LogP contribution in [0.25, 0.3) is 10.8 Å². The van der Waals surface area contributed by atoms with Crippen molar-refractivity contribution in [2.75, 3.05) is 7.05 Å². The number of benzene rings is 3. The fourth-order valence-electron chi connectivity index (χ4n) is 2.91. The molecular formula is C19H18BrN. The zero-order chi connectivity index (χ0) is 14.8. The van der Waals surface area contributed by atoms with Crippen LogP contribution in [-0.4, -0.2) is 7.05 Å². The third-order valence-corrected chi connectivity index (χ3v) is 4.71. The van der Waals surface area contributed by atoms with Crippen LogP contribution in [0.3, 0.4) is 0 Å². The van der Waals surface area contributed by atoms with Crippen LogP contribution < -0.4 is 5.32 Å². The van der Waals surface area contributed by atoms with Crippen molar-refractivity contribution in [2.45, 2.75) is 13.0 Å². The van der Waals surface area contributed by atoms with Crippen LogP contribution in [0, 0.1) is 6.92 Å². The van der Waals surface area contributed by atoms with E-state index >= 15 is 0 Å². The van der Waals surface area contributed by atoms with Crippen molar-refractivity contribution < 1.29 is 0 Å². The van der Waals surface area contributed by atoms with Crippen LogP contribution in [0.15, 0.2) is 65.1 Å². The summed E-state index contributed by atoms with van der Waals surface area (Å²) in [6.07, 6.45) is 0. The molecule has 0 heterocycles. The molecule has 0 saturated carbocycles. The van der Waals surface area contributed by atoms with Gasteiger partial charge in [-0.3, -0.25) is 0 Å². The molecule has 1 atom stereocenters. The van der Waals surface area contributed by atoms with Gasteiger partial charge in [0.2, 0.25) is 0 Å². The Labute approximate surface area is 134 Å². The summed E-state index contributed by atoms with van der Waals surface area (Å²) in [5.41, 5.74) is 3.89. The molecular weight excluding hydrogens is 322 g/mol. The van der Waals surface area contributed by atoms with Crippen molar-refractivity contribution in [3.63, 3.8) is 0 Å². The Kier molecular flexibility index (Phi) is 4.09. The zero-order valence-corrected chi connectivity index (χ0v) is 13.8. The quantitative estimate of drug-likeness (QED) is 0.689. The number of rotatable bonds is 3. The molecule has 3 rings (SSSR count). The lowest BCUT2D eigenvalue weighted by atomic mass is 9.92. The molecule has 21 heavy (non-hydrogen) atoms. The predicted octanol–water partition coefficient (Wildman–Crippen LogP) is 5.22. The van der Waals surface area contributed by atoms with E-state index < -0.39 is 0 Å². The number of aryl methyl sites for hydroxylation is 1. The van der Waals surface area contributed by atoms with Crippen molar-refractivity contribution in [2.24, 2.45) is 0 Å². The number of nitrogens with one attached hydrogen (secondary N) is 1. The minimum Gasteiger partial charge on any atom is -0.309 e. The van der Waals surface area contributed by atoms with Gasteiger partial charge in [0.25, 0.3) is 0 Å². The van der Waals surface area contributed by atoms with Gasteiger partial charge >= 0.3 is 0 Å². The molecule has 2 heteroatoms. The van der Waals surface area contributed by atoms with E-state index in [1.807, 2.05) is 13.1 Å². The van der Waals surface area contributed by atoms with E-state index in [0.29, 0.717) is 0 Å². The van der Waals surface area contributed by atoms with Crippen molar-refractivity contribution in [1.82, 2.24) is 5.32 Å². The van der Waals surface area contributed by atoms with Gasteiger partial charge in [-0.1, -0.05) is 70.5 Å². The van der Waals surface area contributed by atoms with Crippen LogP contribution in [0.2, 0.25) is 0 Å². The van der Waals surface area contributed by atoms with Crippen LogP contribution >= 0.6 is 15.9 Å². The van der Waals surface area contributed by atoms with Crippen LogP contribution in [0.5, 0.6) is 0 Å². The van der Waals surface area contributed by atoms with Crippen molar-refractivity contribution >= 4 is 26.7 Å². The Morgan fingerprint density at radius 2 is 1.48 bits per heavy atom. The smallest absolute Gasteiger partial charge is 0.0591 e. The number of fused-ring (bicyclic) bond motifs is 1. The lowest BCUT2D eigenvalue weighted by Crippen LogP contribution is -2.18. The molecule has 0 radical (unpaired) electrons. The minimum atomic E-state index is 0.172. The number of hydrogen-bond donors (Lipinski definition) is 1. The molecule has 0 spiro atoms. The van der Waals surface area contributed by atoms with E-state index in [-0.39, 0.29) is 6.04 Å². The Bertz CT molecular complexity index is 779. The van der Waals surface area contributed by atoms with Gasteiger partial charge in [-0.25, -0.2) is 0 Å². The summed E-state index contributed by atoms with van der Waals surface area (Å²) in [4.78, 5) is 0. The first-order chi connectivity index (χ1) is 10.2. The highest BCUT2D eigenvalue weighted by atomic mass is 79.9. The van der Waals surface area contributed by atoms with E-state index in [2.05, 4.69) is 82.8 Å². The van der Waals surface area contributed by atoms with E-state index in [4.69, 9.17) is 0 Å². The first-order valence-electron chi connectivity index (χ1n) is 7.12. The summed E-state index contributed by atoms with van der Waals surface area (Å²) in [6, 6.07) is 21.6. The van der Waals surface area contributed by atoms with E-state index in [1.165, 1.54) is 27.5 Å². The molecule has 0 aromatic heterocycles. The maximum absolute atomic E-state index is 3.67. The minimum absolute atomic E-state index is 0.172. The van der Waals surface area contributed by atoms with Gasteiger partial charge in [0.15, 0.2) is 0 Å². The average Bonchev–Trinajstić information content (AvgIpc) is 2.52. The molecule has 1 unspecified atom stereocenters. The molecule has 0 amide bonds. The molecule has 0 saturated heterocycles. The van der Waals surface area contributed by atoms with Gasteiger partial charge in [0.1, 0.15) is 0 Å². The van der Waals surface area contributed by atoms with E-state index in [1.54, 1.807) is 0 Å². The highest BCUT2D eigenvalue weighted by Crippen LogP contribution is 2.33. The topological polar surface area (TPSA) is 12.0 Å². The molecule has 106 valence electrons. The average molecular weight is 340 g/mol. The van der Waals surface area contributed by atoms with E-state index in [9.17, 15) is 0 Å². The van der Waals surface area contributed by atoms with Gasteiger partial charge in [0, 0.05) is 4.47 Å². The summed E-state index contributed by atoms with van der Waals surface area (Å²) in [7, 11) is 2.01. The standard InChI is InChI=1S/C19H18BrN/c1-13-11-12-16(15-8-4-3-7-14(13)15)19(21-2)17-9-5-6-10-18(17)20/h3-12,19,21H,1-2H3. The SMILES string of the molecule is CNC(c1ccccc1Br)c1ccc(C)c2ccccc12. The van der Waals surface area contributed by atoms with Gasteiger partial charge < -0.3 is 5.32 Å². The largest absolute Gasteiger partial charge is 0.309 e. The van der Waals surface area contributed by atoms with Crippen molar-refractivity contribution in [3.8, 4) is 0 Å². The maximum Gasteiger partial charge on any atom is 0.0591 e. The third-order valence-electron chi connectivity index (χ3n) is 3.99. The van der Waals surface area contributed by atoms with Crippen molar-refractivity contribution in [3.05, 3.63) is 81.8 Å². The second kappa shape index (κ2) is 6.00. The molecule has 3 aromatic carbocycles. The van der Waals surface area contributed by atoms with Crippen LogP contribution in [0.4, 0.5) is 0 Å². The maximum atomic E-state index is 3.67. The van der Waals surface area contributed by atoms with E-state index in [0.717, 1.165) is 4.47 Å². The number of halogens is 1. The fraction of sp³-hybridized carbons (Fsp3) is 0.158. The van der Waals surface area contributed by atoms with Gasteiger partial charge in [0.05, 0.1) is 6.04 Å². The molecule has 1 N–H and O–H groups in total. The molecule has 0 aliphatic heterocycles. The second-order valence-corrected chi connectivity index (χ2v) is 6.11. The molecule has 1 nitrogen and oxygen atoms in total. The molecule has 3 aromatic rings. The molecule has 0 aliphatic carbocycles. The Balaban J connectivity index is 2.23. The Morgan fingerprint density at radius 3 is 2.19 bits per heavy atom. The Hall–Kier alpha value is -1.64. The zero-order valence-electron chi connectivity index (χ0n) is 12.2. The fourth-order valence-corrected chi connectivity index (χ4v) is 3.43. The normalized spacial score (nSPS) is 12.5. The lowest BCUT2D eigenvalue weighted by Gasteiger charge is -2.21. The summed E-state index contributed by atoms with van der Waals surface area (Å²) in [5, 5.41) is 6.09. The molecule has 0 bridgehead atoms. The van der Waals surface area contributed by atoms with Gasteiger partial charge in [-0.2, -0.15) is 0 Å². The van der Waals surface area contributed by atoms with Crippen LogP contribution in [0.1, 0.15) is 22.7 Å². The monoisotopic (exact) mass is 339 g/mol.